The Hall–Kier alpha value is -1.89. The molecule has 0 saturated carbocycles. The van der Waals surface area contributed by atoms with Gasteiger partial charge in [-0.15, -0.1) is 0 Å². The number of fused-ring (bicyclic) bond motifs is 1. The van der Waals surface area contributed by atoms with Crippen molar-refractivity contribution in [3.8, 4) is 0 Å². The van der Waals surface area contributed by atoms with Gasteiger partial charge in [0, 0.05) is 18.0 Å². The van der Waals surface area contributed by atoms with Crippen molar-refractivity contribution >= 4 is 21.8 Å². The molecule has 0 aromatic heterocycles. The van der Waals surface area contributed by atoms with Crippen molar-refractivity contribution in [2.75, 3.05) is 6.54 Å². The summed E-state index contributed by atoms with van der Waals surface area (Å²) in [5.41, 5.74) is 0.562. The fourth-order valence-electron chi connectivity index (χ4n) is 2.82. The number of aliphatic imine (C=N–C) groups is 1. The van der Waals surface area contributed by atoms with E-state index in [9.17, 15) is 13.2 Å². The number of nitrogens with zero attached hydrogens (tertiary/aromatic N) is 1. The lowest BCUT2D eigenvalue weighted by atomic mass is 10.1. The average molecular weight is 365 g/mol. The van der Waals surface area contributed by atoms with Gasteiger partial charge in [0.15, 0.2) is 0 Å². The van der Waals surface area contributed by atoms with Gasteiger partial charge >= 0.3 is 0 Å². The fourth-order valence-corrected chi connectivity index (χ4v) is 4.07. The first-order chi connectivity index (χ1) is 11.9. The molecule has 138 valence electrons. The number of carbonyl (C=O) groups excluding carboxylic acids is 1. The maximum absolute atomic E-state index is 12.0. The molecule has 0 aliphatic carbocycles. The summed E-state index contributed by atoms with van der Waals surface area (Å²) >= 11 is 0. The van der Waals surface area contributed by atoms with E-state index in [1.165, 1.54) is 19.3 Å². The predicted octanol–water partition coefficient (Wildman–Crippen LogP) is 2.59. The van der Waals surface area contributed by atoms with Gasteiger partial charge in [0.05, 0.1) is 11.4 Å². The third-order valence-electron chi connectivity index (χ3n) is 4.17. The van der Waals surface area contributed by atoms with E-state index in [2.05, 4.69) is 22.0 Å². The molecule has 1 aromatic carbocycles. The summed E-state index contributed by atoms with van der Waals surface area (Å²) in [4.78, 5) is 16.5. The molecule has 1 aliphatic heterocycles. The third kappa shape index (κ3) is 5.56. The van der Waals surface area contributed by atoms with Gasteiger partial charge < -0.3 is 5.32 Å². The van der Waals surface area contributed by atoms with E-state index in [-0.39, 0.29) is 29.8 Å². The average Bonchev–Trinajstić information content (AvgIpc) is 2.83. The highest BCUT2D eigenvalue weighted by molar-refractivity contribution is 7.90. The highest BCUT2D eigenvalue weighted by atomic mass is 32.2. The quantitative estimate of drug-likeness (QED) is 0.659. The molecule has 1 amide bonds. The van der Waals surface area contributed by atoms with Crippen LogP contribution in [0.15, 0.2) is 34.2 Å². The molecule has 0 spiro atoms. The number of unbranched alkanes of at least 4 members (excludes halogenated alkanes) is 3. The summed E-state index contributed by atoms with van der Waals surface area (Å²) in [6, 6.07) is 6.86. The van der Waals surface area contributed by atoms with Crippen LogP contribution < -0.4 is 10.0 Å². The first-order valence-corrected chi connectivity index (χ1v) is 10.4. The molecular formula is C18H27N3O3S. The van der Waals surface area contributed by atoms with Crippen LogP contribution in [0.2, 0.25) is 0 Å². The Morgan fingerprint density at radius 1 is 1.24 bits per heavy atom. The topological polar surface area (TPSA) is 87.6 Å². The molecule has 0 radical (unpaired) electrons. The second-order valence-corrected chi connectivity index (χ2v) is 8.05. The second-order valence-electron chi connectivity index (χ2n) is 6.40. The van der Waals surface area contributed by atoms with Gasteiger partial charge in [0.1, 0.15) is 5.84 Å². The van der Waals surface area contributed by atoms with Crippen molar-refractivity contribution < 1.29 is 13.2 Å². The van der Waals surface area contributed by atoms with Crippen molar-refractivity contribution in [2.45, 2.75) is 63.3 Å². The highest BCUT2D eigenvalue weighted by Gasteiger charge is 2.29. The molecule has 1 heterocycles. The molecule has 1 unspecified atom stereocenters. The summed E-state index contributed by atoms with van der Waals surface area (Å²) < 4.78 is 26.4. The number of amidine groups is 1. The summed E-state index contributed by atoms with van der Waals surface area (Å²) in [6.45, 7) is 4.44. The number of benzene rings is 1. The van der Waals surface area contributed by atoms with Crippen LogP contribution in [0.25, 0.3) is 0 Å². The monoisotopic (exact) mass is 365 g/mol. The molecule has 2 rings (SSSR count). The Bertz CT molecular complexity index is 729. The van der Waals surface area contributed by atoms with Crippen molar-refractivity contribution in [2.24, 2.45) is 4.99 Å². The number of hydrogen-bond acceptors (Lipinski definition) is 4. The maximum atomic E-state index is 12.0. The van der Waals surface area contributed by atoms with Crippen LogP contribution in [0.5, 0.6) is 0 Å². The largest absolute Gasteiger partial charge is 0.354 e. The second kappa shape index (κ2) is 8.99. The standard InChI is InChI=1S/C18H27N3O3S/c1-3-4-5-6-9-14(2)20-17(22)12-13-19-18-15-10-7-8-11-16(15)25(23,24)21-18/h7-8,10-11,14H,3-6,9,12-13H2,1-2H3,(H,19,21)(H,20,22). The van der Waals surface area contributed by atoms with Gasteiger partial charge in [-0.2, -0.15) is 0 Å². The number of sulfonamides is 1. The van der Waals surface area contributed by atoms with Crippen molar-refractivity contribution in [3.05, 3.63) is 29.8 Å². The smallest absolute Gasteiger partial charge is 0.263 e. The summed E-state index contributed by atoms with van der Waals surface area (Å²) in [5.74, 6) is 0.262. The molecule has 6 nitrogen and oxygen atoms in total. The molecule has 1 aromatic rings. The first kappa shape index (κ1) is 19.4. The molecule has 25 heavy (non-hydrogen) atoms. The van der Waals surface area contributed by atoms with Crippen LogP contribution in [-0.4, -0.2) is 32.7 Å². The van der Waals surface area contributed by atoms with E-state index in [0.717, 1.165) is 12.8 Å². The van der Waals surface area contributed by atoms with Crippen molar-refractivity contribution in [3.63, 3.8) is 0 Å². The van der Waals surface area contributed by atoms with E-state index in [1.807, 2.05) is 6.92 Å². The van der Waals surface area contributed by atoms with Crippen LogP contribution in [-0.2, 0) is 14.8 Å². The minimum atomic E-state index is -3.52. The highest BCUT2D eigenvalue weighted by Crippen LogP contribution is 2.22. The fraction of sp³-hybridized carbons (Fsp3) is 0.556. The Balaban J connectivity index is 1.80. The van der Waals surface area contributed by atoms with Gasteiger partial charge in [-0.05, 0) is 25.5 Å². The predicted molar refractivity (Wildman–Crippen MR) is 99.1 cm³/mol. The number of hydrogen-bond donors (Lipinski definition) is 2. The minimum Gasteiger partial charge on any atom is -0.354 e. The number of rotatable bonds is 9. The van der Waals surface area contributed by atoms with Crippen LogP contribution in [0, 0.1) is 0 Å². The summed E-state index contributed by atoms with van der Waals surface area (Å²) in [7, 11) is -3.52. The van der Waals surface area contributed by atoms with Crippen LogP contribution in [0.4, 0.5) is 0 Å². The lowest BCUT2D eigenvalue weighted by molar-refractivity contribution is -0.121. The number of nitrogens with one attached hydrogen (secondary N) is 2. The van der Waals surface area contributed by atoms with Gasteiger partial charge in [0.25, 0.3) is 10.0 Å². The zero-order valence-electron chi connectivity index (χ0n) is 14.9. The van der Waals surface area contributed by atoms with E-state index in [1.54, 1.807) is 24.3 Å². The Labute approximate surface area is 150 Å². The molecular weight excluding hydrogens is 338 g/mol. The Morgan fingerprint density at radius 2 is 2.00 bits per heavy atom. The molecule has 0 saturated heterocycles. The number of carbonyl (C=O) groups is 1. The molecule has 1 aliphatic rings. The van der Waals surface area contributed by atoms with E-state index in [0.29, 0.717) is 11.4 Å². The van der Waals surface area contributed by atoms with Crippen molar-refractivity contribution in [1.29, 1.82) is 0 Å². The maximum Gasteiger partial charge on any atom is 0.263 e. The molecule has 7 heteroatoms. The summed E-state index contributed by atoms with van der Waals surface area (Å²) in [6.07, 6.45) is 5.98. The lowest BCUT2D eigenvalue weighted by Crippen LogP contribution is -2.33. The zero-order chi connectivity index (χ0) is 18.3. The zero-order valence-corrected chi connectivity index (χ0v) is 15.7. The molecule has 2 N–H and O–H groups in total. The minimum absolute atomic E-state index is 0.0542. The van der Waals surface area contributed by atoms with E-state index in [4.69, 9.17) is 0 Å². The van der Waals surface area contributed by atoms with E-state index >= 15 is 0 Å². The normalized spacial score (nSPS) is 17.8. The SMILES string of the molecule is CCCCCCC(C)NC(=O)CCN=C1NS(=O)(=O)c2ccccc21. The lowest BCUT2D eigenvalue weighted by Gasteiger charge is -2.13. The molecule has 0 fully saturated rings. The van der Waals surface area contributed by atoms with Gasteiger partial charge in [-0.3, -0.25) is 14.5 Å². The van der Waals surface area contributed by atoms with Gasteiger partial charge in [-0.1, -0.05) is 44.7 Å². The van der Waals surface area contributed by atoms with E-state index < -0.39 is 10.0 Å². The third-order valence-corrected chi connectivity index (χ3v) is 5.57. The number of amides is 1. The molecule has 0 bridgehead atoms. The first-order valence-electron chi connectivity index (χ1n) is 8.90. The van der Waals surface area contributed by atoms with Crippen LogP contribution in [0.1, 0.15) is 57.9 Å². The Morgan fingerprint density at radius 3 is 2.76 bits per heavy atom. The summed E-state index contributed by atoms with van der Waals surface area (Å²) in [5, 5.41) is 2.97. The van der Waals surface area contributed by atoms with Crippen LogP contribution in [0.3, 0.4) is 0 Å². The van der Waals surface area contributed by atoms with Crippen LogP contribution >= 0.6 is 0 Å². The van der Waals surface area contributed by atoms with Gasteiger partial charge in [-0.25, -0.2) is 8.42 Å². The van der Waals surface area contributed by atoms with Crippen molar-refractivity contribution in [1.82, 2.24) is 10.0 Å². The Kier molecular flexibility index (Phi) is 6.99. The molecule has 1 atom stereocenters. The van der Waals surface area contributed by atoms with Gasteiger partial charge in [0.2, 0.25) is 5.91 Å².